The van der Waals surface area contributed by atoms with E-state index in [2.05, 4.69) is 5.32 Å². The molecule has 1 N–H and O–H groups in total. The van der Waals surface area contributed by atoms with Gasteiger partial charge in [0.15, 0.2) is 0 Å². The van der Waals surface area contributed by atoms with Crippen molar-refractivity contribution in [3.05, 3.63) is 58.7 Å². The number of anilines is 1. The molecule has 0 aliphatic heterocycles. The predicted octanol–water partition coefficient (Wildman–Crippen LogP) is 6.05. The fraction of sp³-hybridized carbons (Fsp3) is 0.316. The third-order valence-electron chi connectivity index (χ3n) is 3.76. The van der Waals surface area contributed by atoms with Crippen LogP contribution < -0.4 is 10.1 Å². The molecule has 25 heavy (non-hydrogen) atoms. The first kappa shape index (κ1) is 19.2. The summed E-state index contributed by atoms with van der Waals surface area (Å²) in [6.45, 7) is 5.68. The molecule has 0 aliphatic carbocycles. The fourth-order valence-electron chi connectivity index (χ4n) is 2.45. The maximum Gasteiger partial charge on any atom is 0.418 e. The normalized spacial score (nSPS) is 11.3. The summed E-state index contributed by atoms with van der Waals surface area (Å²) in [4.78, 5) is 0.351. The van der Waals surface area contributed by atoms with Crippen molar-refractivity contribution in [3.8, 4) is 5.75 Å². The fourth-order valence-corrected chi connectivity index (χ4v) is 2.55. The van der Waals surface area contributed by atoms with Gasteiger partial charge in [0.2, 0.25) is 0 Å². The molecule has 2 nitrogen and oxygen atoms in total. The van der Waals surface area contributed by atoms with E-state index in [0.717, 1.165) is 17.2 Å². The Morgan fingerprint density at radius 3 is 2.48 bits per heavy atom. The van der Waals surface area contributed by atoms with Crippen LogP contribution in [0.15, 0.2) is 36.4 Å². The highest BCUT2D eigenvalue weighted by Gasteiger charge is 2.34. The van der Waals surface area contributed by atoms with Crippen molar-refractivity contribution in [2.45, 2.75) is 40.0 Å². The third-order valence-corrected chi connectivity index (χ3v) is 4.15. The molecule has 0 atom stereocenters. The van der Waals surface area contributed by atoms with Gasteiger partial charge in [0.1, 0.15) is 12.4 Å². The van der Waals surface area contributed by atoms with E-state index in [0.29, 0.717) is 22.7 Å². The van der Waals surface area contributed by atoms with Gasteiger partial charge in [0.25, 0.3) is 0 Å². The van der Waals surface area contributed by atoms with Crippen molar-refractivity contribution in [1.29, 1.82) is 0 Å². The van der Waals surface area contributed by atoms with Crippen molar-refractivity contribution in [2.24, 2.45) is 0 Å². The topological polar surface area (TPSA) is 21.3 Å². The molecule has 2 aromatic rings. The van der Waals surface area contributed by atoms with Crippen molar-refractivity contribution in [1.82, 2.24) is 0 Å². The zero-order chi connectivity index (χ0) is 18.6. The molecular weight excluding hydrogens is 347 g/mol. The van der Waals surface area contributed by atoms with Gasteiger partial charge in [-0.25, -0.2) is 0 Å². The smallest absolute Gasteiger partial charge is 0.418 e. The van der Waals surface area contributed by atoms with Gasteiger partial charge < -0.3 is 10.1 Å². The second-order valence-corrected chi connectivity index (χ2v) is 6.29. The number of hydrogen-bond acceptors (Lipinski definition) is 2. The predicted molar refractivity (Wildman–Crippen MR) is 98.2 cm³/mol. The minimum absolute atomic E-state index is 0.0164. The number of benzene rings is 2. The van der Waals surface area contributed by atoms with Crippen LogP contribution in [-0.2, 0) is 12.8 Å². The van der Waals surface area contributed by atoms with Gasteiger partial charge in [0, 0.05) is 5.56 Å². The Kier molecular flexibility index (Phi) is 6.06. The Hall–Kier alpha value is -2.08. The maximum absolute atomic E-state index is 13.3. The largest absolute Gasteiger partial charge is 0.489 e. The SMILES string of the molecule is CCC(=S)Nc1c(COc2ccc(C)cc2C)cccc1C(F)(F)F. The zero-order valence-electron chi connectivity index (χ0n) is 14.3. The van der Waals surface area contributed by atoms with E-state index in [1.165, 1.54) is 6.07 Å². The van der Waals surface area contributed by atoms with Crippen molar-refractivity contribution >= 4 is 22.9 Å². The van der Waals surface area contributed by atoms with Gasteiger partial charge in [-0.1, -0.05) is 49.0 Å². The van der Waals surface area contributed by atoms with E-state index in [1.54, 1.807) is 13.0 Å². The molecule has 0 bridgehead atoms. The molecule has 134 valence electrons. The van der Waals surface area contributed by atoms with E-state index >= 15 is 0 Å². The quantitative estimate of drug-likeness (QED) is 0.650. The molecule has 0 spiro atoms. The molecule has 0 fully saturated rings. The highest BCUT2D eigenvalue weighted by atomic mass is 32.1. The number of alkyl halides is 3. The van der Waals surface area contributed by atoms with Crippen LogP contribution in [0.4, 0.5) is 18.9 Å². The zero-order valence-corrected chi connectivity index (χ0v) is 15.1. The van der Waals surface area contributed by atoms with Crippen LogP contribution >= 0.6 is 12.2 Å². The van der Waals surface area contributed by atoms with Crippen LogP contribution in [0.2, 0.25) is 0 Å². The summed E-state index contributed by atoms with van der Waals surface area (Å²) in [7, 11) is 0. The Morgan fingerprint density at radius 1 is 1.16 bits per heavy atom. The van der Waals surface area contributed by atoms with Crippen LogP contribution in [0.5, 0.6) is 5.75 Å². The molecule has 2 aromatic carbocycles. The summed E-state index contributed by atoms with van der Waals surface area (Å²) in [5.74, 6) is 0.645. The average Bonchev–Trinajstić information content (AvgIpc) is 2.53. The summed E-state index contributed by atoms with van der Waals surface area (Å²) < 4.78 is 45.7. The van der Waals surface area contributed by atoms with Gasteiger partial charge >= 0.3 is 6.18 Å². The highest BCUT2D eigenvalue weighted by molar-refractivity contribution is 7.80. The minimum atomic E-state index is -4.47. The molecule has 2 rings (SSSR count). The first-order chi connectivity index (χ1) is 11.7. The number of nitrogens with one attached hydrogen (secondary N) is 1. The second-order valence-electron chi connectivity index (χ2n) is 5.80. The molecule has 0 saturated heterocycles. The Labute approximate surface area is 151 Å². The third kappa shape index (κ3) is 4.95. The average molecular weight is 367 g/mol. The Balaban J connectivity index is 2.34. The molecule has 0 amide bonds. The number of para-hydroxylation sites is 1. The summed E-state index contributed by atoms with van der Waals surface area (Å²) in [5, 5.41) is 2.73. The molecule has 0 unspecified atom stereocenters. The number of hydrogen-bond donors (Lipinski definition) is 1. The summed E-state index contributed by atoms with van der Waals surface area (Å²) in [6, 6.07) is 9.72. The summed E-state index contributed by atoms with van der Waals surface area (Å²) >= 11 is 5.07. The molecule has 0 saturated carbocycles. The Bertz CT molecular complexity index is 772. The van der Waals surface area contributed by atoms with E-state index in [1.807, 2.05) is 32.0 Å². The lowest BCUT2D eigenvalue weighted by Gasteiger charge is -2.19. The molecule has 6 heteroatoms. The van der Waals surface area contributed by atoms with E-state index in [4.69, 9.17) is 17.0 Å². The number of ether oxygens (including phenoxy) is 1. The van der Waals surface area contributed by atoms with Crippen LogP contribution in [0.3, 0.4) is 0 Å². The van der Waals surface area contributed by atoms with Crippen LogP contribution in [0.25, 0.3) is 0 Å². The molecule has 0 heterocycles. The van der Waals surface area contributed by atoms with Crippen LogP contribution in [0, 0.1) is 13.8 Å². The summed E-state index contributed by atoms with van der Waals surface area (Å²) in [5.41, 5.74) is 1.66. The van der Waals surface area contributed by atoms with Crippen molar-refractivity contribution in [3.63, 3.8) is 0 Å². The number of halogens is 3. The van der Waals surface area contributed by atoms with E-state index in [9.17, 15) is 13.2 Å². The number of aryl methyl sites for hydroxylation is 2. The molecule has 0 radical (unpaired) electrons. The van der Waals surface area contributed by atoms with Gasteiger partial charge in [-0.3, -0.25) is 0 Å². The van der Waals surface area contributed by atoms with Crippen LogP contribution in [0.1, 0.15) is 35.6 Å². The van der Waals surface area contributed by atoms with Gasteiger partial charge in [0.05, 0.1) is 16.2 Å². The van der Waals surface area contributed by atoms with Gasteiger partial charge in [-0.15, -0.1) is 0 Å². The standard InChI is InChI=1S/C19H20F3NOS/c1-4-17(25)23-18-14(6-5-7-15(18)19(20,21)22)11-24-16-9-8-12(2)10-13(16)3/h5-10H,4,11H2,1-3H3,(H,23,25). The van der Waals surface area contributed by atoms with Crippen LogP contribution in [-0.4, -0.2) is 4.99 Å². The lowest BCUT2D eigenvalue weighted by atomic mass is 10.1. The van der Waals surface area contributed by atoms with Gasteiger partial charge in [-0.2, -0.15) is 13.2 Å². The van der Waals surface area contributed by atoms with Crippen molar-refractivity contribution in [2.75, 3.05) is 5.32 Å². The first-order valence-electron chi connectivity index (χ1n) is 7.91. The van der Waals surface area contributed by atoms with Crippen molar-refractivity contribution < 1.29 is 17.9 Å². The number of thiocarbonyl (C=S) groups is 1. The molecule has 0 aliphatic rings. The highest BCUT2D eigenvalue weighted by Crippen LogP contribution is 2.37. The lowest BCUT2D eigenvalue weighted by Crippen LogP contribution is -2.17. The van der Waals surface area contributed by atoms with E-state index in [-0.39, 0.29) is 12.3 Å². The molecule has 0 aromatic heterocycles. The number of rotatable bonds is 5. The maximum atomic E-state index is 13.3. The monoisotopic (exact) mass is 367 g/mol. The lowest BCUT2D eigenvalue weighted by molar-refractivity contribution is -0.137. The Morgan fingerprint density at radius 2 is 1.88 bits per heavy atom. The minimum Gasteiger partial charge on any atom is -0.489 e. The summed E-state index contributed by atoms with van der Waals surface area (Å²) in [6.07, 6.45) is -4.01. The molecular formula is C19H20F3NOS. The second kappa shape index (κ2) is 7.87. The van der Waals surface area contributed by atoms with E-state index < -0.39 is 11.7 Å². The van der Waals surface area contributed by atoms with Gasteiger partial charge in [-0.05, 0) is 38.0 Å². The first-order valence-corrected chi connectivity index (χ1v) is 8.32.